The normalized spacial score (nSPS) is 12.2. The molecule has 0 bridgehead atoms. The summed E-state index contributed by atoms with van der Waals surface area (Å²) >= 11 is 0. The van der Waals surface area contributed by atoms with E-state index in [1.807, 2.05) is 19.2 Å². The van der Waals surface area contributed by atoms with E-state index in [2.05, 4.69) is 36.2 Å². The van der Waals surface area contributed by atoms with Crippen molar-refractivity contribution in [3.63, 3.8) is 0 Å². The summed E-state index contributed by atoms with van der Waals surface area (Å²) in [4.78, 5) is 4.19. The number of ether oxygens (including phenoxy) is 1. The van der Waals surface area contributed by atoms with Crippen LogP contribution in [0.25, 0.3) is 0 Å². The Morgan fingerprint density at radius 1 is 1.25 bits per heavy atom. The van der Waals surface area contributed by atoms with E-state index in [-0.39, 0.29) is 6.04 Å². The van der Waals surface area contributed by atoms with Gasteiger partial charge >= 0.3 is 0 Å². The molecule has 2 aromatic rings. The molecule has 2 rings (SSSR count). The zero-order chi connectivity index (χ0) is 14.4. The van der Waals surface area contributed by atoms with Crippen LogP contribution >= 0.6 is 0 Å². The molecule has 1 aromatic heterocycles. The molecule has 3 nitrogen and oxygen atoms in total. The molecule has 3 heteroatoms. The summed E-state index contributed by atoms with van der Waals surface area (Å²) in [6.07, 6.45) is 5.42. The van der Waals surface area contributed by atoms with Crippen molar-refractivity contribution in [2.75, 3.05) is 6.61 Å². The largest absolute Gasteiger partial charge is 0.492 e. The number of aryl methyl sites for hydroxylation is 2. The number of hydrogen-bond acceptors (Lipinski definition) is 3. The van der Waals surface area contributed by atoms with E-state index < -0.39 is 0 Å². The Hall–Kier alpha value is -1.87. The van der Waals surface area contributed by atoms with E-state index in [0.29, 0.717) is 6.61 Å². The maximum Gasteiger partial charge on any atom is 0.137 e. The molecule has 1 heterocycles. The predicted molar refractivity (Wildman–Crippen MR) is 81.8 cm³/mol. The van der Waals surface area contributed by atoms with Crippen LogP contribution < -0.4 is 10.5 Å². The Bertz CT molecular complexity index is 554. The molecule has 0 aliphatic carbocycles. The molecular formula is C17H22N2O. The third kappa shape index (κ3) is 4.07. The minimum Gasteiger partial charge on any atom is -0.492 e. The van der Waals surface area contributed by atoms with Gasteiger partial charge in [-0.2, -0.15) is 0 Å². The van der Waals surface area contributed by atoms with E-state index in [4.69, 9.17) is 10.5 Å². The fourth-order valence-corrected chi connectivity index (χ4v) is 2.24. The number of aromatic nitrogens is 1. The Balaban J connectivity index is 1.97. The lowest BCUT2D eigenvalue weighted by Crippen LogP contribution is -2.12. The van der Waals surface area contributed by atoms with Crippen molar-refractivity contribution >= 4 is 0 Å². The monoisotopic (exact) mass is 270 g/mol. The first-order chi connectivity index (χ1) is 9.69. The Labute approximate surface area is 120 Å². The molecule has 0 aliphatic heterocycles. The van der Waals surface area contributed by atoms with Gasteiger partial charge in [0.05, 0.1) is 12.8 Å². The second-order valence-corrected chi connectivity index (χ2v) is 5.02. The van der Waals surface area contributed by atoms with Crippen LogP contribution in [-0.2, 0) is 6.42 Å². The van der Waals surface area contributed by atoms with Crippen LogP contribution in [0.2, 0.25) is 0 Å². The van der Waals surface area contributed by atoms with Crippen LogP contribution in [0.3, 0.4) is 0 Å². The molecule has 106 valence electrons. The highest BCUT2D eigenvalue weighted by Crippen LogP contribution is 2.20. The van der Waals surface area contributed by atoms with Crippen LogP contribution in [0.4, 0.5) is 0 Å². The van der Waals surface area contributed by atoms with Crippen molar-refractivity contribution in [3.8, 4) is 5.75 Å². The Kier molecular flexibility index (Phi) is 5.13. The second-order valence-electron chi connectivity index (χ2n) is 5.02. The molecule has 1 unspecified atom stereocenters. The lowest BCUT2D eigenvalue weighted by molar-refractivity contribution is 0.338. The molecule has 0 saturated carbocycles. The van der Waals surface area contributed by atoms with E-state index in [1.54, 1.807) is 6.20 Å². The average molecular weight is 270 g/mol. The quantitative estimate of drug-likeness (QED) is 0.875. The molecular weight excluding hydrogens is 248 g/mol. The van der Waals surface area contributed by atoms with Gasteiger partial charge < -0.3 is 10.5 Å². The molecule has 0 spiro atoms. The topological polar surface area (TPSA) is 48.1 Å². The van der Waals surface area contributed by atoms with Crippen molar-refractivity contribution in [2.45, 2.75) is 32.7 Å². The van der Waals surface area contributed by atoms with E-state index in [9.17, 15) is 0 Å². The Morgan fingerprint density at radius 3 is 2.85 bits per heavy atom. The third-order valence-corrected chi connectivity index (χ3v) is 3.30. The fourth-order valence-electron chi connectivity index (χ4n) is 2.24. The first-order valence-corrected chi connectivity index (χ1v) is 7.08. The van der Waals surface area contributed by atoms with Crippen molar-refractivity contribution in [1.82, 2.24) is 4.98 Å². The van der Waals surface area contributed by atoms with E-state index in [1.165, 1.54) is 11.1 Å². The number of pyridine rings is 1. The van der Waals surface area contributed by atoms with Gasteiger partial charge in [0.15, 0.2) is 0 Å². The van der Waals surface area contributed by atoms with Crippen LogP contribution in [0.5, 0.6) is 5.75 Å². The summed E-state index contributed by atoms with van der Waals surface area (Å²) in [6.45, 7) is 4.72. The van der Waals surface area contributed by atoms with Gasteiger partial charge in [0.2, 0.25) is 0 Å². The number of rotatable bonds is 6. The minimum atomic E-state index is -0.0107. The van der Waals surface area contributed by atoms with Gasteiger partial charge in [0.1, 0.15) is 5.75 Å². The summed E-state index contributed by atoms with van der Waals surface area (Å²) in [5, 5.41) is 0. The third-order valence-electron chi connectivity index (χ3n) is 3.30. The maximum absolute atomic E-state index is 6.25. The number of nitrogens with zero attached hydrogens (tertiary/aromatic N) is 1. The molecule has 1 aromatic carbocycles. The first-order valence-electron chi connectivity index (χ1n) is 7.08. The molecule has 0 amide bonds. The number of benzene rings is 1. The number of hydrogen-bond donors (Lipinski definition) is 1. The maximum atomic E-state index is 6.25. The van der Waals surface area contributed by atoms with E-state index in [0.717, 1.165) is 24.2 Å². The standard InChI is InChI=1S/C17H22N2O/c1-3-20-16-10-15(11-19-12-16)17(18)8-7-14-6-4-5-13(2)9-14/h4-6,9-12,17H,3,7-8,18H2,1-2H3. The zero-order valence-corrected chi connectivity index (χ0v) is 12.2. The highest BCUT2D eigenvalue weighted by Gasteiger charge is 2.08. The zero-order valence-electron chi connectivity index (χ0n) is 12.2. The van der Waals surface area contributed by atoms with Gasteiger partial charge in [0, 0.05) is 12.2 Å². The van der Waals surface area contributed by atoms with Gasteiger partial charge in [-0.3, -0.25) is 4.98 Å². The predicted octanol–water partition coefficient (Wildman–Crippen LogP) is 3.42. The molecule has 1 atom stereocenters. The summed E-state index contributed by atoms with van der Waals surface area (Å²) in [5.41, 5.74) is 9.90. The smallest absolute Gasteiger partial charge is 0.137 e. The van der Waals surface area contributed by atoms with Gasteiger partial charge in [-0.05, 0) is 43.9 Å². The van der Waals surface area contributed by atoms with Crippen molar-refractivity contribution in [3.05, 3.63) is 59.4 Å². The summed E-state index contributed by atoms with van der Waals surface area (Å²) in [7, 11) is 0. The molecule has 0 saturated heterocycles. The second kappa shape index (κ2) is 7.06. The first kappa shape index (κ1) is 14.5. The highest BCUT2D eigenvalue weighted by molar-refractivity contribution is 5.27. The lowest BCUT2D eigenvalue weighted by atomic mass is 10.00. The van der Waals surface area contributed by atoms with Crippen molar-refractivity contribution < 1.29 is 4.74 Å². The fraction of sp³-hybridized carbons (Fsp3) is 0.353. The van der Waals surface area contributed by atoms with Gasteiger partial charge in [0.25, 0.3) is 0 Å². The number of nitrogens with two attached hydrogens (primary N) is 1. The molecule has 0 aliphatic rings. The van der Waals surface area contributed by atoms with Gasteiger partial charge in [-0.25, -0.2) is 0 Å². The molecule has 2 N–H and O–H groups in total. The average Bonchev–Trinajstić information content (AvgIpc) is 2.45. The Morgan fingerprint density at radius 2 is 2.10 bits per heavy atom. The SMILES string of the molecule is CCOc1cncc(C(N)CCc2cccc(C)c2)c1. The van der Waals surface area contributed by atoms with Crippen LogP contribution in [0.15, 0.2) is 42.7 Å². The van der Waals surface area contributed by atoms with E-state index >= 15 is 0 Å². The van der Waals surface area contributed by atoms with Crippen LogP contribution in [0, 0.1) is 6.92 Å². The molecule has 20 heavy (non-hydrogen) atoms. The lowest BCUT2D eigenvalue weighted by Gasteiger charge is -2.13. The van der Waals surface area contributed by atoms with Gasteiger partial charge in [-0.1, -0.05) is 29.8 Å². The summed E-state index contributed by atoms with van der Waals surface area (Å²) in [5.74, 6) is 0.788. The highest BCUT2D eigenvalue weighted by atomic mass is 16.5. The van der Waals surface area contributed by atoms with Crippen LogP contribution in [-0.4, -0.2) is 11.6 Å². The minimum absolute atomic E-state index is 0.0107. The van der Waals surface area contributed by atoms with Crippen molar-refractivity contribution in [1.29, 1.82) is 0 Å². The summed E-state index contributed by atoms with van der Waals surface area (Å²) in [6, 6.07) is 10.5. The van der Waals surface area contributed by atoms with Gasteiger partial charge in [-0.15, -0.1) is 0 Å². The molecule has 0 radical (unpaired) electrons. The van der Waals surface area contributed by atoms with Crippen molar-refractivity contribution in [2.24, 2.45) is 5.73 Å². The molecule has 0 fully saturated rings. The van der Waals surface area contributed by atoms with Crippen LogP contribution in [0.1, 0.15) is 36.1 Å². The summed E-state index contributed by atoms with van der Waals surface area (Å²) < 4.78 is 5.46.